The number of hydrogen-bond donors (Lipinski definition) is 1. The number of benzene rings is 1. The molecule has 1 aromatic rings. The number of allylic oxidation sites excluding steroid dienone is 4. The van der Waals surface area contributed by atoms with E-state index in [0.29, 0.717) is 5.70 Å². The summed E-state index contributed by atoms with van der Waals surface area (Å²) in [5, 5.41) is 0. The van der Waals surface area contributed by atoms with Crippen LogP contribution in [-0.2, 0) is 6.42 Å². The fourth-order valence-corrected chi connectivity index (χ4v) is 2.06. The number of hydrogen-bond acceptors (Lipinski definition) is 1. The molecular formula is C17H23N. The maximum absolute atomic E-state index is 5.50. The van der Waals surface area contributed by atoms with Crippen LogP contribution in [0.1, 0.15) is 37.0 Å². The van der Waals surface area contributed by atoms with Crippen molar-refractivity contribution in [3.63, 3.8) is 0 Å². The van der Waals surface area contributed by atoms with Gasteiger partial charge in [-0.1, -0.05) is 50.3 Å². The first-order valence-corrected chi connectivity index (χ1v) is 6.44. The third-order valence-corrected chi connectivity index (χ3v) is 3.05. The van der Waals surface area contributed by atoms with E-state index in [0.717, 1.165) is 6.42 Å². The van der Waals surface area contributed by atoms with Crippen molar-refractivity contribution in [1.82, 2.24) is 0 Å². The minimum Gasteiger partial charge on any atom is -0.399 e. The van der Waals surface area contributed by atoms with E-state index in [1.54, 1.807) is 0 Å². The Kier molecular flexibility index (Phi) is 5.44. The van der Waals surface area contributed by atoms with E-state index < -0.39 is 0 Å². The Bertz CT molecular complexity index is 478. The zero-order chi connectivity index (χ0) is 13.5. The molecule has 0 aliphatic heterocycles. The van der Waals surface area contributed by atoms with Crippen LogP contribution in [0.2, 0.25) is 0 Å². The normalized spacial score (nSPS) is 12.1. The van der Waals surface area contributed by atoms with Gasteiger partial charge in [-0.15, -0.1) is 0 Å². The first kappa shape index (κ1) is 14.3. The summed E-state index contributed by atoms with van der Waals surface area (Å²) in [5.74, 6) is 0. The summed E-state index contributed by atoms with van der Waals surface area (Å²) in [6, 6.07) is 6.52. The van der Waals surface area contributed by atoms with E-state index in [1.807, 2.05) is 12.2 Å². The molecule has 1 rings (SSSR count). The molecule has 0 radical (unpaired) electrons. The average molecular weight is 241 g/mol. The molecule has 0 atom stereocenters. The summed E-state index contributed by atoms with van der Waals surface area (Å²) < 4.78 is 0. The van der Waals surface area contributed by atoms with Crippen molar-refractivity contribution in [2.24, 2.45) is 5.73 Å². The summed E-state index contributed by atoms with van der Waals surface area (Å²) in [6.45, 7) is 10.2. The van der Waals surface area contributed by atoms with Crippen LogP contribution in [0.3, 0.4) is 0 Å². The molecule has 0 fully saturated rings. The van der Waals surface area contributed by atoms with Gasteiger partial charge in [0.2, 0.25) is 0 Å². The highest BCUT2D eigenvalue weighted by atomic mass is 14.5. The molecule has 1 heteroatoms. The lowest BCUT2D eigenvalue weighted by Crippen LogP contribution is -1.93. The largest absolute Gasteiger partial charge is 0.399 e. The Hall–Kier alpha value is -1.76. The molecule has 1 nitrogen and oxygen atoms in total. The minimum absolute atomic E-state index is 0.579. The van der Waals surface area contributed by atoms with Gasteiger partial charge in [0.15, 0.2) is 0 Å². The van der Waals surface area contributed by atoms with Crippen molar-refractivity contribution in [3.05, 3.63) is 65.4 Å². The summed E-state index contributed by atoms with van der Waals surface area (Å²) in [6.07, 6.45) is 8.16. The first-order chi connectivity index (χ1) is 8.56. The molecule has 2 N–H and O–H groups in total. The highest BCUT2D eigenvalue weighted by Gasteiger charge is 2.04. The van der Waals surface area contributed by atoms with Crippen molar-refractivity contribution in [1.29, 1.82) is 0 Å². The fraction of sp³-hybridized carbons (Fsp3) is 0.294. The Balaban J connectivity index is 3.02. The van der Waals surface area contributed by atoms with Gasteiger partial charge in [0.1, 0.15) is 0 Å². The molecular weight excluding hydrogens is 218 g/mol. The fourth-order valence-electron chi connectivity index (χ4n) is 2.06. The highest BCUT2D eigenvalue weighted by molar-refractivity contribution is 5.68. The SMILES string of the molecule is C=C(N)/C=C\C=C(/C)c1cccc(CCC)c1C. The van der Waals surface area contributed by atoms with Gasteiger partial charge < -0.3 is 5.73 Å². The topological polar surface area (TPSA) is 26.0 Å². The summed E-state index contributed by atoms with van der Waals surface area (Å²) >= 11 is 0. The molecule has 0 unspecified atom stereocenters. The molecule has 0 aromatic heterocycles. The molecule has 0 saturated carbocycles. The quantitative estimate of drug-likeness (QED) is 0.761. The zero-order valence-corrected chi connectivity index (χ0v) is 11.7. The van der Waals surface area contributed by atoms with Crippen molar-refractivity contribution in [3.8, 4) is 0 Å². The lowest BCUT2D eigenvalue weighted by atomic mass is 9.95. The van der Waals surface area contributed by atoms with Crippen molar-refractivity contribution < 1.29 is 0 Å². The van der Waals surface area contributed by atoms with Gasteiger partial charge in [0, 0.05) is 5.70 Å². The van der Waals surface area contributed by atoms with Gasteiger partial charge in [-0.05, 0) is 48.6 Å². The summed E-state index contributed by atoms with van der Waals surface area (Å²) in [5.41, 5.74) is 11.5. The van der Waals surface area contributed by atoms with Crippen LogP contribution in [0.5, 0.6) is 0 Å². The summed E-state index contributed by atoms with van der Waals surface area (Å²) in [7, 11) is 0. The molecule has 0 heterocycles. The maximum Gasteiger partial charge on any atom is 0.0240 e. The molecule has 0 aliphatic carbocycles. The lowest BCUT2D eigenvalue weighted by Gasteiger charge is -2.11. The minimum atomic E-state index is 0.579. The third kappa shape index (κ3) is 3.92. The van der Waals surface area contributed by atoms with E-state index in [4.69, 9.17) is 5.73 Å². The van der Waals surface area contributed by atoms with Crippen LogP contribution in [0, 0.1) is 6.92 Å². The predicted molar refractivity (Wildman–Crippen MR) is 81.3 cm³/mol. The van der Waals surface area contributed by atoms with E-state index in [2.05, 4.69) is 51.6 Å². The van der Waals surface area contributed by atoms with Crippen LogP contribution in [0.4, 0.5) is 0 Å². The van der Waals surface area contributed by atoms with E-state index in [9.17, 15) is 0 Å². The Morgan fingerprint density at radius 1 is 1.39 bits per heavy atom. The second kappa shape index (κ2) is 6.85. The second-order valence-electron chi connectivity index (χ2n) is 4.62. The van der Waals surface area contributed by atoms with Gasteiger partial charge in [0.05, 0.1) is 0 Å². The standard InChI is InChI=1S/C17H23N/c1-5-8-16-11-7-12-17(15(16)4)13(2)9-6-10-14(3)18/h6-7,9-12H,3,5,8,18H2,1-2,4H3/b10-6-,13-9+. The van der Waals surface area contributed by atoms with Crippen molar-refractivity contribution >= 4 is 5.57 Å². The number of nitrogens with two attached hydrogens (primary N) is 1. The van der Waals surface area contributed by atoms with E-state index in [-0.39, 0.29) is 0 Å². The first-order valence-electron chi connectivity index (χ1n) is 6.44. The van der Waals surface area contributed by atoms with Crippen molar-refractivity contribution in [2.45, 2.75) is 33.6 Å². The molecule has 0 aliphatic rings. The zero-order valence-electron chi connectivity index (χ0n) is 11.7. The Morgan fingerprint density at radius 2 is 2.11 bits per heavy atom. The van der Waals surface area contributed by atoms with Crippen molar-refractivity contribution in [2.75, 3.05) is 0 Å². The number of aryl methyl sites for hydroxylation is 1. The van der Waals surface area contributed by atoms with Crippen LogP contribution in [0.25, 0.3) is 5.57 Å². The lowest BCUT2D eigenvalue weighted by molar-refractivity contribution is 0.912. The van der Waals surface area contributed by atoms with Crippen LogP contribution in [0.15, 0.2) is 48.7 Å². The van der Waals surface area contributed by atoms with Gasteiger partial charge >= 0.3 is 0 Å². The number of rotatable bonds is 5. The second-order valence-corrected chi connectivity index (χ2v) is 4.62. The average Bonchev–Trinajstić information content (AvgIpc) is 2.31. The molecule has 96 valence electrons. The Labute approximate surface area is 111 Å². The predicted octanol–water partition coefficient (Wildman–Crippen LogP) is 4.38. The maximum atomic E-state index is 5.50. The smallest absolute Gasteiger partial charge is 0.0240 e. The van der Waals surface area contributed by atoms with Gasteiger partial charge in [-0.2, -0.15) is 0 Å². The molecule has 0 saturated heterocycles. The van der Waals surface area contributed by atoms with E-state index in [1.165, 1.54) is 28.7 Å². The van der Waals surface area contributed by atoms with Gasteiger partial charge in [0.25, 0.3) is 0 Å². The molecule has 1 aromatic carbocycles. The third-order valence-electron chi connectivity index (χ3n) is 3.05. The molecule has 0 bridgehead atoms. The molecule has 0 spiro atoms. The Morgan fingerprint density at radius 3 is 2.72 bits per heavy atom. The van der Waals surface area contributed by atoms with E-state index >= 15 is 0 Å². The van der Waals surface area contributed by atoms with Crippen LogP contribution in [-0.4, -0.2) is 0 Å². The molecule has 0 amide bonds. The van der Waals surface area contributed by atoms with Crippen LogP contribution >= 0.6 is 0 Å². The van der Waals surface area contributed by atoms with Gasteiger partial charge in [-0.25, -0.2) is 0 Å². The summed E-state index contributed by atoms with van der Waals surface area (Å²) in [4.78, 5) is 0. The molecule has 18 heavy (non-hydrogen) atoms. The van der Waals surface area contributed by atoms with Crippen LogP contribution < -0.4 is 5.73 Å². The monoisotopic (exact) mass is 241 g/mol. The van der Waals surface area contributed by atoms with Gasteiger partial charge in [-0.3, -0.25) is 0 Å². The highest BCUT2D eigenvalue weighted by Crippen LogP contribution is 2.22.